The van der Waals surface area contributed by atoms with E-state index in [4.69, 9.17) is 4.74 Å². The number of amides is 1. The van der Waals surface area contributed by atoms with Crippen molar-refractivity contribution in [2.24, 2.45) is 0 Å². The van der Waals surface area contributed by atoms with Crippen LogP contribution in [0.25, 0.3) is 16.9 Å². The Morgan fingerprint density at radius 2 is 1.81 bits per heavy atom. The number of aromatic nitrogens is 2. The molecule has 1 amide bonds. The first-order valence-electron chi connectivity index (χ1n) is 11.7. The van der Waals surface area contributed by atoms with Crippen molar-refractivity contribution >= 4 is 17.4 Å². The number of carbonyl (C=O) groups excluding carboxylic acids is 1. The average Bonchev–Trinajstić information content (AvgIpc) is 2.86. The van der Waals surface area contributed by atoms with Gasteiger partial charge in [-0.05, 0) is 50.1 Å². The Morgan fingerprint density at radius 3 is 2.49 bits per heavy atom. The number of hydrogen-bond acceptors (Lipinski definition) is 4. The molecule has 10 heteroatoms. The van der Waals surface area contributed by atoms with E-state index in [0.717, 1.165) is 30.5 Å². The second-order valence-electron chi connectivity index (χ2n) is 8.74. The van der Waals surface area contributed by atoms with Gasteiger partial charge in [0.25, 0.3) is 5.91 Å². The van der Waals surface area contributed by atoms with Gasteiger partial charge in [-0.15, -0.1) is 0 Å². The minimum Gasteiger partial charge on any atom is -0.492 e. The molecular formula is C27H24F5N3O2. The molecule has 0 saturated heterocycles. The minimum atomic E-state index is -2.80. The van der Waals surface area contributed by atoms with Crippen molar-refractivity contribution in [2.45, 2.75) is 44.4 Å². The zero-order chi connectivity index (χ0) is 26.7. The van der Waals surface area contributed by atoms with Crippen molar-refractivity contribution in [3.8, 4) is 11.1 Å². The lowest BCUT2D eigenvalue weighted by Crippen LogP contribution is -2.25. The number of nitrogens with one attached hydrogen (secondary N) is 1. The third kappa shape index (κ3) is 5.79. The van der Waals surface area contributed by atoms with E-state index in [1.807, 2.05) is 0 Å². The molecule has 1 aliphatic carbocycles. The van der Waals surface area contributed by atoms with Gasteiger partial charge in [0.05, 0.1) is 23.6 Å². The van der Waals surface area contributed by atoms with Gasteiger partial charge in [0.1, 0.15) is 23.1 Å². The third-order valence-electron chi connectivity index (χ3n) is 6.23. The van der Waals surface area contributed by atoms with Crippen LogP contribution in [0.4, 0.5) is 27.6 Å². The molecule has 3 aromatic rings. The number of ether oxygens (including phenoxy) is 1. The Hall–Kier alpha value is -3.82. The van der Waals surface area contributed by atoms with Crippen LogP contribution >= 0.6 is 0 Å². The highest BCUT2D eigenvalue weighted by molar-refractivity contribution is 6.06. The van der Waals surface area contributed by atoms with E-state index in [9.17, 15) is 26.7 Å². The molecule has 37 heavy (non-hydrogen) atoms. The van der Waals surface area contributed by atoms with Crippen LogP contribution < -0.4 is 5.32 Å². The number of rotatable bonds is 7. The maximum Gasteiger partial charge on any atom is 0.257 e. The topological polar surface area (TPSA) is 64.1 Å². The van der Waals surface area contributed by atoms with Gasteiger partial charge in [-0.2, -0.15) is 0 Å². The molecule has 194 valence electrons. The first-order chi connectivity index (χ1) is 17.6. The molecule has 2 aromatic heterocycles. The summed E-state index contributed by atoms with van der Waals surface area (Å²) in [6.45, 7) is 5.54. The summed E-state index contributed by atoms with van der Waals surface area (Å²) >= 11 is 0. The van der Waals surface area contributed by atoms with Crippen molar-refractivity contribution in [3.63, 3.8) is 0 Å². The molecule has 0 spiro atoms. The highest BCUT2D eigenvalue weighted by atomic mass is 19.3. The molecule has 0 unspecified atom stereocenters. The summed E-state index contributed by atoms with van der Waals surface area (Å²) in [5, 5.41) is 2.62. The summed E-state index contributed by atoms with van der Waals surface area (Å²) in [6.07, 6.45) is 1.91. The molecule has 1 saturated carbocycles. The largest absolute Gasteiger partial charge is 0.492 e. The number of nitrogens with zero attached hydrogens (tertiary/aromatic N) is 2. The lowest BCUT2D eigenvalue weighted by molar-refractivity contribution is -0.0384. The molecular weight excluding hydrogens is 493 g/mol. The van der Waals surface area contributed by atoms with E-state index in [1.54, 1.807) is 6.92 Å². The van der Waals surface area contributed by atoms with Crippen molar-refractivity contribution in [1.82, 2.24) is 9.97 Å². The summed E-state index contributed by atoms with van der Waals surface area (Å²) < 4.78 is 76.2. The average molecular weight is 517 g/mol. The van der Waals surface area contributed by atoms with Crippen LogP contribution in [-0.2, 0) is 4.74 Å². The van der Waals surface area contributed by atoms with Crippen molar-refractivity contribution < 1.29 is 31.5 Å². The van der Waals surface area contributed by atoms with Crippen LogP contribution in [0.15, 0.2) is 49.3 Å². The maximum absolute atomic E-state index is 14.7. The summed E-state index contributed by atoms with van der Waals surface area (Å²) in [7, 11) is 0. The van der Waals surface area contributed by atoms with Gasteiger partial charge in [0.15, 0.2) is 5.82 Å². The number of halogens is 5. The van der Waals surface area contributed by atoms with E-state index in [0.29, 0.717) is 0 Å². The predicted molar refractivity (Wildman–Crippen MR) is 129 cm³/mol. The van der Waals surface area contributed by atoms with Gasteiger partial charge >= 0.3 is 0 Å². The Balaban J connectivity index is 1.75. The molecule has 2 heterocycles. The second-order valence-corrected chi connectivity index (χ2v) is 8.74. The van der Waals surface area contributed by atoms with Gasteiger partial charge in [0, 0.05) is 42.3 Å². The van der Waals surface area contributed by atoms with Crippen LogP contribution in [0.2, 0.25) is 0 Å². The van der Waals surface area contributed by atoms with Gasteiger partial charge in [0.2, 0.25) is 5.92 Å². The lowest BCUT2D eigenvalue weighted by atomic mass is 9.83. The Labute approximate surface area is 210 Å². The standard InChI is InChI=1S/C27H24F5N3O2/c1-3-37-15(2)23-22(30)12-17(14-34-23)26(36)35-25-19(20-13-18(28)4-5-21(20)29)8-11-33-24(25)16-6-9-27(31,32)10-7-16/h4-5,8,11-14,16H,2-3,6-7,9-10H2,1H3,(H,35,36). The van der Waals surface area contributed by atoms with Gasteiger partial charge in [-0.3, -0.25) is 9.78 Å². The first kappa shape index (κ1) is 26.2. The maximum atomic E-state index is 14.7. The third-order valence-corrected chi connectivity index (χ3v) is 6.23. The number of alkyl halides is 2. The quantitative estimate of drug-likeness (QED) is 0.268. The number of hydrogen-bond donors (Lipinski definition) is 1. The molecule has 1 fully saturated rings. The second kappa shape index (κ2) is 10.7. The molecule has 0 bridgehead atoms. The predicted octanol–water partition coefficient (Wildman–Crippen LogP) is 7.11. The summed E-state index contributed by atoms with van der Waals surface area (Å²) in [5.41, 5.74) is -0.0576. The molecule has 1 aromatic carbocycles. The van der Waals surface area contributed by atoms with Crippen LogP contribution in [0.3, 0.4) is 0 Å². The SMILES string of the molecule is C=C(OCC)c1ncc(C(=O)Nc2c(-c3cc(F)ccc3F)ccnc2C2CCC(F)(F)CC2)cc1F. The normalized spacial score (nSPS) is 15.3. The van der Waals surface area contributed by atoms with Crippen LogP contribution in [0.1, 0.15) is 60.3 Å². The van der Waals surface area contributed by atoms with E-state index in [2.05, 4.69) is 21.9 Å². The molecule has 1 aliphatic rings. The number of carbonyl (C=O) groups is 1. The van der Waals surface area contributed by atoms with Crippen LogP contribution in [-0.4, -0.2) is 28.4 Å². The number of pyridine rings is 2. The summed E-state index contributed by atoms with van der Waals surface area (Å²) in [4.78, 5) is 21.4. The summed E-state index contributed by atoms with van der Waals surface area (Å²) in [6, 6.07) is 5.20. The van der Waals surface area contributed by atoms with E-state index >= 15 is 0 Å². The van der Waals surface area contributed by atoms with E-state index in [-0.39, 0.29) is 71.8 Å². The minimum absolute atomic E-state index is 0.000491. The fourth-order valence-corrected chi connectivity index (χ4v) is 4.36. The Kier molecular flexibility index (Phi) is 7.56. The monoisotopic (exact) mass is 517 g/mol. The smallest absolute Gasteiger partial charge is 0.257 e. The first-order valence-corrected chi connectivity index (χ1v) is 11.7. The van der Waals surface area contributed by atoms with Crippen LogP contribution in [0.5, 0.6) is 0 Å². The number of benzene rings is 1. The van der Waals surface area contributed by atoms with Crippen molar-refractivity contribution in [1.29, 1.82) is 0 Å². The van der Waals surface area contributed by atoms with Crippen molar-refractivity contribution in [3.05, 3.63) is 83.7 Å². The molecule has 0 atom stereocenters. The zero-order valence-electron chi connectivity index (χ0n) is 20.0. The van der Waals surface area contributed by atoms with Gasteiger partial charge in [-0.1, -0.05) is 6.58 Å². The molecule has 5 nitrogen and oxygen atoms in total. The Morgan fingerprint density at radius 1 is 1.08 bits per heavy atom. The summed E-state index contributed by atoms with van der Waals surface area (Å²) in [5.74, 6) is -6.37. The lowest BCUT2D eigenvalue weighted by Gasteiger charge is -2.29. The highest BCUT2D eigenvalue weighted by Crippen LogP contribution is 2.44. The molecule has 0 aliphatic heterocycles. The highest BCUT2D eigenvalue weighted by Gasteiger charge is 2.37. The molecule has 0 radical (unpaired) electrons. The fraction of sp³-hybridized carbons (Fsp3) is 0.296. The van der Waals surface area contributed by atoms with Gasteiger partial charge in [-0.25, -0.2) is 26.9 Å². The molecule has 4 rings (SSSR count). The zero-order valence-corrected chi connectivity index (χ0v) is 20.0. The van der Waals surface area contributed by atoms with E-state index < -0.39 is 35.2 Å². The number of anilines is 1. The fourth-order valence-electron chi connectivity index (χ4n) is 4.36. The van der Waals surface area contributed by atoms with E-state index in [1.165, 1.54) is 12.3 Å². The van der Waals surface area contributed by atoms with Gasteiger partial charge < -0.3 is 10.1 Å². The van der Waals surface area contributed by atoms with Crippen molar-refractivity contribution in [2.75, 3.05) is 11.9 Å². The molecule has 1 N–H and O–H groups in total. The van der Waals surface area contributed by atoms with Crippen LogP contribution in [0, 0.1) is 17.5 Å². The Bertz CT molecular complexity index is 1340.